The van der Waals surface area contributed by atoms with E-state index < -0.39 is 10.0 Å². The summed E-state index contributed by atoms with van der Waals surface area (Å²) in [5, 5.41) is 9.26. The third kappa shape index (κ3) is 3.92. The van der Waals surface area contributed by atoms with Crippen molar-refractivity contribution in [2.75, 3.05) is 41.3 Å². The fourth-order valence-corrected chi connectivity index (χ4v) is 2.89. The lowest BCUT2D eigenvalue weighted by Gasteiger charge is -2.20. The second-order valence-electron chi connectivity index (χ2n) is 4.76. The first-order valence-electron chi connectivity index (χ1n) is 6.21. The molecule has 0 saturated heterocycles. The Morgan fingerprint density at radius 2 is 1.85 bits per heavy atom. The predicted molar refractivity (Wildman–Crippen MR) is 77.3 cm³/mol. The highest BCUT2D eigenvalue weighted by Crippen LogP contribution is 2.24. The molecular weight excluding hydrogens is 280 g/mol. The number of hydrogen-bond acceptors (Lipinski definition) is 5. The normalized spacial score (nSPS) is 12.2. The smallest absolute Gasteiger partial charge is 0.242 e. The number of benzene rings is 1. The van der Waals surface area contributed by atoms with Crippen molar-refractivity contribution in [2.24, 2.45) is 0 Å². The summed E-state index contributed by atoms with van der Waals surface area (Å²) >= 11 is 0. The highest BCUT2D eigenvalue weighted by atomic mass is 32.2. The van der Waals surface area contributed by atoms with Crippen molar-refractivity contribution in [1.82, 2.24) is 9.21 Å². The Labute approximate surface area is 120 Å². The summed E-state index contributed by atoms with van der Waals surface area (Å²) in [7, 11) is 3.24. The van der Waals surface area contributed by atoms with Crippen molar-refractivity contribution in [3.63, 3.8) is 0 Å². The summed E-state index contributed by atoms with van der Waals surface area (Å²) in [5.74, 6) is 0.474. The predicted octanol–water partition coefficient (Wildman–Crippen LogP) is 0.370. The molecule has 0 unspecified atom stereocenters. The number of methoxy groups -OCH3 is 1. The maximum absolute atomic E-state index is 12.4. The number of sulfonamides is 1. The summed E-state index contributed by atoms with van der Waals surface area (Å²) in [6.07, 6.45) is 0. The van der Waals surface area contributed by atoms with Crippen LogP contribution < -0.4 is 4.74 Å². The Hall–Kier alpha value is -1.15. The van der Waals surface area contributed by atoms with Crippen LogP contribution in [0.3, 0.4) is 0 Å². The van der Waals surface area contributed by atoms with Crippen molar-refractivity contribution in [2.45, 2.75) is 11.5 Å². The molecule has 0 bridgehead atoms. The van der Waals surface area contributed by atoms with Crippen LogP contribution in [0.2, 0.25) is 0 Å². The summed E-state index contributed by atoms with van der Waals surface area (Å²) < 4.78 is 31.2. The minimum absolute atomic E-state index is 0.156. The van der Waals surface area contributed by atoms with Crippen LogP contribution in [0.4, 0.5) is 0 Å². The average molecular weight is 302 g/mol. The highest BCUT2D eigenvalue weighted by molar-refractivity contribution is 7.89. The molecule has 1 rings (SSSR count). The van der Waals surface area contributed by atoms with E-state index in [1.807, 2.05) is 19.0 Å². The van der Waals surface area contributed by atoms with Crippen LogP contribution in [0.25, 0.3) is 0 Å². The van der Waals surface area contributed by atoms with Gasteiger partial charge >= 0.3 is 0 Å². The summed E-state index contributed by atoms with van der Waals surface area (Å²) in [5.41, 5.74) is 0.453. The molecule has 1 aromatic carbocycles. The van der Waals surface area contributed by atoms with Crippen molar-refractivity contribution in [3.05, 3.63) is 23.8 Å². The van der Waals surface area contributed by atoms with Crippen LogP contribution in [-0.4, -0.2) is 64.1 Å². The van der Waals surface area contributed by atoms with Gasteiger partial charge in [-0.3, -0.25) is 0 Å². The molecule has 6 nitrogen and oxygen atoms in total. The number of aliphatic hydroxyl groups excluding tert-OH is 1. The zero-order valence-corrected chi connectivity index (χ0v) is 13.1. The van der Waals surface area contributed by atoms with Gasteiger partial charge in [0.2, 0.25) is 10.0 Å². The van der Waals surface area contributed by atoms with E-state index in [2.05, 4.69) is 0 Å². The number of hydrogen-bond donors (Lipinski definition) is 1. The number of ether oxygens (including phenoxy) is 1. The van der Waals surface area contributed by atoms with Gasteiger partial charge in [-0.25, -0.2) is 8.42 Å². The Bertz CT molecular complexity index is 543. The number of likely N-dealkylation sites (N-methyl/N-ethyl adjacent to an activating group) is 2. The van der Waals surface area contributed by atoms with Crippen molar-refractivity contribution >= 4 is 10.0 Å². The maximum atomic E-state index is 12.4. The summed E-state index contributed by atoms with van der Waals surface area (Å²) in [6.45, 7) is 0.766. The minimum atomic E-state index is -3.55. The van der Waals surface area contributed by atoms with Crippen LogP contribution in [0.1, 0.15) is 5.56 Å². The van der Waals surface area contributed by atoms with E-state index in [-0.39, 0.29) is 11.5 Å². The molecule has 0 spiro atoms. The summed E-state index contributed by atoms with van der Waals surface area (Å²) in [4.78, 5) is 2.07. The molecular formula is C13H22N2O4S. The first-order chi connectivity index (χ1) is 9.32. The molecule has 114 valence electrons. The van der Waals surface area contributed by atoms with Gasteiger partial charge in [0, 0.05) is 25.7 Å². The molecule has 0 aliphatic rings. The number of nitrogens with zero attached hydrogens (tertiary/aromatic N) is 2. The Balaban J connectivity index is 3.03. The molecule has 20 heavy (non-hydrogen) atoms. The van der Waals surface area contributed by atoms with Crippen molar-refractivity contribution < 1.29 is 18.3 Å². The SMILES string of the molecule is COc1ccc(S(=O)(=O)N(C)CCN(C)C)cc1CO. The van der Waals surface area contributed by atoms with E-state index in [4.69, 9.17) is 4.74 Å². The molecule has 0 aliphatic carbocycles. The lowest BCUT2D eigenvalue weighted by atomic mass is 10.2. The molecule has 0 atom stereocenters. The van der Waals surface area contributed by atoms with E-state index in [1.165, 1.54) is 23.5 Å². The van der Waals surface area contributed by atoms with Gasteiger partial charge in [0.1, 0.15) is 5.75 Å². The van der Waals surface area contributed by atoms with Gasteiger partial charge in [-0.05, 0) is 32.3 Å². The number of aliphatic hydroxyl groups is 1. The van der Waals surface area contributed by atoms with E-state index in [0.717, 1.165) is 0 Å². The minimum Gasteiger partial charge on any atom is -0.496 e. The van der Waals surface area contributed by atoms with E-state index >= 15 is 0 Å². The monoisotopic (exact) mass is 302 g/mol. The largest absolute Gasteiger partial charge is 0.496 e. The quantitative estimate of drug-likeness (QED) is 0.788. The third-order valence-electron chi connectivity index (χ3n) is 2.99. The van der Waals surface area contributed by atoms with Crippen LogP contribution in [-0.2, 0) is 16.6 Å². The zero-order chi connectivity index (χ0) is 15.3. The molecule has 1 aromatic rings. The lowest BCUT2D eigenvalue weighted by molar-refractivity contribution is 0.273. The third-order valence-corrected chi connectivity index (χ3v) is 4.85. The molecule has 0 aliphatic heterocycles. The molecule has 7 heteroatoms. The van der Waals surface area contributed by atoms with E-state index in [9.17, 15) is 13.5 Å². The molecule has 0 saturated carbocycles. The second kappa shape index (κ2) is 7.03. The van der Waals surface area contributed by atoms with Gasteiger partial charge in [-0.15, -0.1) is 0 Å². The Kier molecular flexibility index (Phi) is 5.94. The van der Waals surface area contributed by atoms with Gasteiger partial charge in [0.05, 0.1) is 18.6 Å². The molecule has 1 N–H and O–H groups in total. The second-order valence-corrected chi connectivity index (χ2v) is 6.81. The van der Waals surface area contributed by atoms with Crippen molar-refractivity contribution in [1.29, 1.82) is 0 Å². The fourth-order valence-electron chi connectivity index (χ4n) is 1.68. The fraction of sp³-hybridized carbons (Fsp3) is 0.538. The molecule has 0 aromatic heterocycles. The Morgan fingerprint density at radius 1 is 1.20 bits per heavy atom. The maximum Gasteiger partial charge on any atom is 0.242 e. The van der Waals surface area contributed by atoms with Gasteiger partial charge < -0.3 is 14.7 Å². The summed E-state index contributed by atoms with van der Waals surface area (Å²) in [6, 6.07) is 4.48. The Morgan fingerprint density at radius 3 is 2.35 bits per heavy atom. The standard InChI is InChI=1S/C13H22N2O4S/c1-14(2)7-8-15(3)20(17,18)12-5-6-13(19-4)11(9-12)10-16/h5-6,9,16H,7-8,10H2,1-4H3. The topological polar surface area (TPSA) is 70.1 Å². The zero-order valence-electron chi connectivity index (χ0n) is 12.3. The van der Waals surface area contributed by atoms with Crippen LogP contribution in [0.15, 0.2) is 23.1 Å². The average Bonchev–Trinajstić information content (AvgIpc) is 2.43. The molecule has 0 radical (unpaired) electrons. The van der Waals surface area contributed by atoms with Gasteiger partial charge in [0.15, 0.2) is 0 Å². The molecule has 0 heterocycles. The highest BCUT2D eigenvalue weighted by Gasteiger charge is 2.21. The number of rotatable bonds is 7. The lowest BCUT2D eigenvalue weighted by Crippen LogP contribution is -2.33. The van der Waals surface area contributed by atoms with Crippen LogP contribution in [0.5, 0.6) is 5.75 Å². The van der Waals surface area contributed by atoms with Gasteiger partial charge in [0.25, 0.3) is 0 Å². The van der Waals surface area contributed by atoms with Crippen molar-refractivity contribution in [3.8, 4) is 5.75 Å². The first kappa shape index (κ1) is 16.9. The van der Waals surface area contributed by atoms with E-state index in [1.54, 1.807) is 13.1 Å². The molecule has 0 fully saturated rings. The molecule has 0 amide bonds. The van der Waals surface area contributed by atoms with E-state index in [0.29, 0.717) is 24.4 Å². The van der Waals surface area contributed by atoms with Crippen LogP contribution >= 0.6 is 0 Å². The first-order valence-corrected chi connectivity index (χ1v) is 7.65. The van der Waals surface area contributed by atoms with Crippen LogP contribution in [0, 0.1) is 0 Å². The van der Waals surface area contributed by atoms with Gasteiger partial charge in [-0.2, -0.15) is 4.31 Å². The van der Waals surface area contributed by atoms with Gasteiger partial charge in [-0.1, -0.05) is 0 Å².